The summed E-state index contributed by atoms with van der Waals surface area (Å²) in [6.07, 6.45) is 8.40. The summed E-state index contributed by atoms with van der Waals surface area (Å²) in [5, 5.41) is 0. The highest BCUT2D eigenvalue weighted by Gasteiger charge is 2.30. The second-order valence-corrected chi connectivity index (χ2v) is 18.2. The molecule has 0 amide bonds. The van der Waals surface area contributed by atoms with Gasteiger partial charge in [0.25, 0.3) is 0 Å². The Morgan fingerprint density at radius 1 is 0.818 bits per heavy atom. The third-order valence-electron chi connectivity index (χ3n) is 4.72. The van der Waals surface area contributed by atoms with Crippen molar-refractivity contribution in [3.63, 3.8) is 0 Å². The highest BCUT2D eigenvalue weighted by Crippen LogP contribution is 2.36. The maximum Gasteiger partial charge on any atom is 0.183 e. The van der Waals surface area contributed by atoms with Crippen molar-refractivity contribution in [2.75, 3.05) is 13.2 Å². The highest BCUT2D eigenvalue weighted by atomic mass is 28.4. The van der Waals surface area contributed by atoms with E-state index in [1.54, 1.807) is 0 Å². The lowest BCUT2D eigenvalue weighted by atomic mass is 9.75. The molecule has 0 aliphatic heterocycles. The van der Waals surface area contributed by atoms with E-state index in [0.29, 0.717) is 5.92 Å². The summed E-state index contributed by atoms with van der Waals surface area (Å²) in [6.45, 7) is 17.9. The predicted octanol–water partition coefficient (Wildman–Crippen LogP) is 5.91. The van der Waals surface area contributed by atoms with Gasteiger partial charge in [0.2, 0.25) is 0 Å². The van der Waals surface area contributed by atoms with Crippen LogP contribution >= 0.6 is 0 Å². The Kier molecular flexibility index (Phi) is 8.34. The van der Waals surface area contributed by atoms with E-state index >= 15 is 0 Å². The molecule has 0 unspecified atom stereocenters. The molecule has 0 aromatic carbocycles. The van der Waals surface area contributed by atoms with Crippen LogP contribution in [0.3, 0.4) is 0 Å². The second-order valence-electron chi connectivity index (χ2n) is 9.18. The molecule has 0 spiro atoms. The molecule has 2 nitrogen and oxygen atoms in total. The minimum atomic E-state index is -1.43. The van der Waals surface area contributed by atoms with Gasteiger partial charge in [-0.3, -0.25) is 0 Å². The van der Waals surface area contributed by atoms with E-state index in [4.69, 9.17) is 8.85 Å². The third kappa shape index (κ3) is 8.85. The predicted molar refractivity (Wildman–Crippen MR) is 102 cm³/mol. The summed E-state index contributed by atoms with van der Waals surface area (Å²) in [4.78, 5) is 0. The Hall–Kier alpha value is 0.354. The molecule has 0 aromatic heterocycles. The van der Waals surface area contributed by atoms with Crippen molar-refractivity contribution in [1.29, 1.82) is 0 Å². The first kappa shape index (κ1) is 20.4. The maximum absolute atomic E-state index is 6.26. The molecule has 0 radical (unpaired) electrons. The number of hydrogen-bond acceptors (Lipinski definition) is 2. The molecule has 4 heteroatoms. The molecule has 22 heavy (non-hydrogen) atoms. The Morgan fingerprint density at radius 2 is 1.27 bits per heavy atom. The molecule has 1 fully saturated rings. The van der Waals surface area contributed by atoms with Crippen molar-refractivity contribution >= 4 is 16.6 Å². The van der Waals surface area contributed by atoms with Crippen LogP contribution in [0.1, 0.15) is 45.4 Å². The standard InChI is InChI=1S/C18H40O2Si2/c1-8-9-16-10-12-17(13-11-16)18(14-19-21(2,3)4)15-20-22(5,6)7/h16-18H,8-15H2,1-7H3. The van der Waals surface area contributed by atoms with Crippen LogP contribution in [0.4, 0.5) is 0 Å². The van der Waals surface area contributed by atoms with Gasteiger partial charge in [-0.05, 0) is 64.0 Å². The van der Waals surface area contributed by atoms with Crippen LogP contribution in [0, 0.1) is 17.8 Å². The minimum absolute atomic E-state index is 0.612. The SMILES string of the molecule is CCCC1CCC(C(CO[Si](C)(C)C)CO[Si](C)(C)C)CC1. The van der Waals surface area contributed by atoms with E-state index in [1.165, 1.54) is 38.5 Å². The lowest BCUT2D eigenvalue weighted by Crippen LogP contribution is -2.37. The average Bonchev–Trinajstić information content (AvgIpc) is 2.38. The van der Waals surface area contributed by atoms with Gasteiger partial charge in [0, 0.05) is 19.1 Å². The molecule has 1 rings (SSSR count). The van der Waals surface area contributed by atoms with E-state index in [9.17, 15) is 0 Å². The monoisotopic (exact) mass is 344 g/mol. The molecule has 0 atom stereocenters. The lowest BCUT2D eigenvalue weighted by Gasteiger charge is -2.36. The van der Waals surface area contributed by atoms with Crippen LogP contribution in [0.5, 0.6) is 0 Å². The van der Waals surface area contributed by atoms with E-state index in [2.05, 4.69) is 46.2 Å². The maximum atomic E-state index is 6.26. The Balaban J connectivity index is 2.53. The molecule has 1 aliphatic carbocycles. The van der Waals surface area contributed by atoms with E-state index in [1.807, 2.05) is 0 Å². The van der Waals surface area contributed by atoms with Gasteiger partial charge in [0.1, 0.15) is 0 Å². The largest absolute Gasteiger partial charge is 0.417 e. The van der Waals surface area contributed by atoms with Crippen LogP contribution in [-0.4, -0.2) is 29.8 Å². The Morgan fingerprint density at radius 3 is 1.64 bits per heavy atom. The molecule has 0 N–H and O–H groups in total. The lowest BCUT2D eigenvalue weighted by molar-refractivity contribution is 0.0913. The van der Waals surface area contributed by atoms with E-state index in [-0.39, 0.29) is 0 Å². The summed E-state index contributed by atoms with van der Waals surface area (Å²) >= 11 is 0. The van der Waals surface area contributed by atoms with Crippen LogP contribution in [0.15, 0.2) is 0 Å². The van der Waals surface area contributed by atoms with Crippen LogP contribution in [0.2, 0.25) is 39.3 Å². The first-order chi connectivity index (χ1) is 10.1. The van der Waals surface area contributed by atoms with Crippen LogP contribution < -0.4 is 0 Å². The summed E-state index contributed by atoms with van der Waals surface area (Å²) in [7, 11) is -2.86. The zero-order valence-corrected chi connectivity index (χ0v) is 18.2. The fourth-order valence-electron chi connectivity index (χ4n) is 3.39. The van der Waals surface area contributed by atoms with Crippen molar-refractivity contribution in [2.45, 2.75) is 84.7 Å². The summed E-state index contributed by atoms with van der Waals surface area (Å²) in [6, 6.07) is 0. The number of hydrogen-bond donors (Lipinski definition) is 0. The summed E-state index contributed by atoms with van der Waals surface area (Å²) in [5.74, 6) is 2.42. The van der Waals surface area contributed by atoms with Crippen molar-refractivity contribution in [1.82, 2.24) is 0 Å². The van der Waals surface area contributed by atoms with E-state index in [0.717, 1.165) is 25.0 Å². The minimum Gasteiger partial charge on any atom is -0.417 e. The van der Waals surface area contributed by atoms with Gasteiger partial charge in [-0.1, -0.05) is 32.6 Å². The van der Waals surface area contributed by atoms with Crippen molar-refractivity contribution in [2.24, 2.45) is 17.8 Å². The topological polar surface area (TPSA) is 18.5 Å². The highest BCUT2D eigenvalue weighted by molar-refractivity contribution is 6.70. The van der Waals surface area contributed by atoms with Crippen molar-refractivity contribution < 1.29 is 8.85 Å². The third-order valence-corrected chi connectivity index (χ3v) is 6.78. The van der Waals surface area contributed by atoms with Gasteiger partial charge in [-0.2, -0.15) is 0 Å². The van der Waals surface area contributed by atoms with Gasteiger partial charge in [-0.15, -0.1) is 0 Å². The summed E-state index contributed by atoms with van der Waals surface area (Å²) < 4.78 is 12.5. The van der Waals surface area contributed by atoms with Gasteiger partial charge >= 0.3 is 0 Å². The summed E-state index contributed by atoms with van der Waals surface area (Å²) in [5.41, 5.74) is 0. The van der Waals surface area contributed by atoms with Gasteiger partial charge in [0.05, 0.1) is 0 Å². The first-order valence-electron chi connectivity index (χ1n) is 9.38. The van der Waals surface area contributed by atoms with Crippen molar-refractivity contribution in [3.05, 3.63) is 0 Å². The molecule has 1 saturated carbocycles. The average molecular weight is 345 g/mol. The number of rotatable bonds is 9. The Bertz CT molecular complexity index is 281. The van der Waals surface area contributed by atoms with Gasteiger partial charge < -0.3 is 8.85 Å². The molecular weight excluding hydrogens is 304 g/mol. The molecule has 132 valence electrons. The van der Waals surface area contributed by atoms with Crippen LogP contribution in [-0.2, 0) is 8.85 Å². The van der Waals surface area contributed by atoms with Gasteiger partial charge in [0.15, 0.2) is 16.6 Å². The second kappa shape index (κ2) is 9.00. The molecular formula is C18H40O2Si2. The molecule has 0 heterocycles. The molecule has 0 aromatic rings. The quantitative estimate of drug-likeness (QED) is 0.484. The van der Waals surface area contributed by atoms with Crippen LogP contribution in [0.25, 0.3) is 0 Å². The zero-order valence-electron chi connectivity index (χ0n) is 16.2. The zero-order chi connectivity index (χ0) is 16.8. The Labute approximate surface area is 141 Å². The fourth-order valence-corrected chi connectivity index (χ4v) is 4.82. The first-order valence-corrected chi connectivity index (χ1v) is 16.2. The van der Waals surface area contributed by atoms with Gasteiger partial charge in [-0.25, -0.2) is 0 Å². The molecule has 0 bridgehead atoms. The smallest absolute Gasteiger partial charge is 0.183 e. The fraction of sp³-hybridized carbons (Fsp3) is 1.00. The molecule has 0 saturated heterocycles. The molecule has 1 aliphatic rings. The van der Waals surface area contributed by atoms with E-state index < -0.39 is 16.6 Å². The normalized spacial score (nSPS) is 24.0. The van der Waals surface area contributed by atoms with Crippen molar-refractivity contribution in [3.8, 4) is 0 Å².